The highest BCUT2D eigenvalue weighted by Crippen LogP contribution is 2.31. The van der Waals surface area contributed by atoms with Gasteiger partial charge in [0.1, 0.15) is 17.9 Å². The van der Waals surface area contributed by atoms with Gasteiger partial charge in [-0.05, 0) is 60.2 Å². The maximum Gasteiger partial charge on any atom is 0.255 e. The lowest BCUT2D eigenvalue weighted by Gasteiger charge is -2.29. The third-order valence-electron chi connectivity index (χ3n) is 7.32. The average Bonchev–Trinajstić information content (AvgIpc) is 3.47. The lowest BCUT2D eigenvalue weighted by atomic mass is 10.0. The Hall–Kier alpha value is -4.29. The molecule has 3 aromatic rings. The van der Waals surface area contributed by atoms with Crippen LogP contribution in [0.3, 0.4) is 0 Å². The molecule has 0 spiro atoms. The van der Waals surface area contributed by atoms with Crippen molar-refractivity contribution in [1.82, 2.24) is 20.1 Å². The van der Waals surface area contributed by atoms with Crippen LogP contribution >= 0.6 is 0 Å². The summed E-state index contributed by atoms with van der Waals surface area (Å²) >= 11 is 0. The number of carbonyl (C=O) groups excluding carboxylic acids is 3. The summed E-state index contributed by atoms with van der Waals surface area (Å²) in [5.74, 6) is -0.180. The topological polar surface area (TPSA) is 116 Å². The van der Waals surface area contributed by atoms with E-state index >= 15 is 0 Å². The van der Waals surface area contributed by atoms with Crippen LogP contribution in [0.5, 0.6) is 5.75 Å². The van der Waals surface area contributed by atoms with Crippen LogP contribution in [0.15, 0.2) is 48.7 Å². The monoisotopic (exact) mass is 495 g/mol. The molecule has 3 aliphatic heterocycles. The van der Waals surface area contributed by atoms with Gasteiger partial charge in [0.15, 0.2) is 0 Å². The van der Waals surface area contributed by atoms with Crippen molar-refractivity contribution in [2.75, 3.05) is 13.1 Å². The Labute approximate surface area is 213 Å². The number of aromatic nitrogens is 1. The van der Waals surface area contributed by atoms with Crippen molar-refractivity contribution in [3.63, 3.8) is 0 Å². The van der Waals surface area contributed by atoms with Gasteiger partial charge in [0, 0.05) is 49.7 Å². The van der Waals surface area contributed by atoms with Crippen LogP contribution in [0.2, 0.25) is 0 Å². The van der Waals surface area contributed by atoms with Gasteiger partial charge >= 0.3 is 0 Å². The largest absolute Gasteiger partial charge is 0.489 e. The quantitative estimate of drug-likeness (QED) is 0.541. The van der Waals surface area contributed by atoms with Gasteiger partial charge in [-0.15, -0.1) is 0 Å². The molecule has 2 atom stereocenters. The fourth-order valence-corrected chi connectivity index (χ4v) is 5.43. The van der Waals surface area contributed by atoms with Gasteiger partial charge in [-0.1, -0.05) is 6.07 Å². The van der Waals surface area contributed by atoms with E-state index in [4.69, 9.17) is 10.00 Å². The van der Waals surface area contributed by atoms with Crippen molar-refractivity contribution >= 4 is 28.5 Å². The van der Waals surface area contributed by atoms with E-state index in [0.29, 0.717) is 29.8 Å². The molecule has 1 aromatic heterocycles. The molecule has 1 unspecified atom stereocenters. The predicted octanol–water partition coefficient (Wildman–Crippen LogP) is 2.52. The molecular formula is C28H25N5O4. The van der Waals surface area contributed by atoms with Crippen LogP contribution < -0.4 is 10.1 Å². The number of nitrogens with zero attached hydrogens (tertiary/aromatic N) is 4. The first-order valence-electron chi connectivity index (χ1n) is 12.4. The van der Waals surface area contributed by atoms with Crippen LogP contribution in [0, 0.1) is 11.3 Å². The van der Waals surface area contributed by atoms with Crippen LogP contribution in [0.1, 0.15) is 46.4 Å². The van der Waals surface area contributed by atoms with Gasteiger partial charge in [0.05, 0.1) is 17.3 Å². The smallest absolute Gasteiger partial charge is 0.255 e. The first-order valence-corrected chi connectivity index (χ1v) is 12.4. The number of fused-ring (bicyclic) bond motifs is 2. The molecule has 186 valence electrons. The molecule has 3 amide bonds. The van der Waals surface area contributed by atoms with Gasteiger partial charge < -0.3 is 9.64 Å². The summed E-state index contributed by atoms with van der Waals surface area (Å²) in [4.78, 5) is 45.1. The predicted molar refractivity (Wildman–Crippen MR) is 133 cm³/mol. The Kier molecular flexibility index (Phi) is 5.81. The summed E-state index contributed by atoms with van der Waals surface area (Å²) in [5.41, 5.74) is 3.01. The minimum Gasteiger partial charge on any atom is -0.489 e. The van der Waals surface area contributed by atoms with E-state index in [0.717, 1.165) is 48.1 Å². The lowest BCUT2D eigenvalue weighted by molar-refractivity contribution is -0.136. The van der Waals surface area contributed by atoms with E-state index in [-0.39, 0.29) is 24.3 Å². The summed E-state index contributed by atoms with van der Waals surface area (Å²) in [6.07, 6.45) is 3.32. The highest BCUT2D eigenvalue weighted by Gasteiger charge is 2.39. The number of nitriles is 1. The molecule has 3 aliphatic rings. The van der Waals surface area contributed by atoms with Gasteiger partial charge in [-0.25, -0.2) is 0 Å². The van der Waals surface area contributed by atoms with E-state index < -0.39 is 11.9 Å². The summed E-state index contributed by atoms with van der Waals surface area (Å²) in [6, 6.07) is 14.7. The molecule has 2 fully saturated rings. The molecule has 0 aliphatic carbocycles. The lowest BCUT2D eigenvalue weighted by Crippen LogP contribution is -2.52. The highest BCUT2D eigenvalue weighted by atomic mass is 16.5. The number of hydrogen-bond acceptors (Lipinski definition) is 7. The number of carbonyl (C=O) groups is 3. The Morgan fingerprint density at radius 3 is 2.81 bits per heavy atom. The molecule has 0 saturated carbocycles. The van der Waals surface area contributed by atoms with Crippen LogP contribution in [-0.2, 0) is 22.7 Å². The van der Waals surface area contributed by atoms with Crippen molar-refractivity contribution in [2.45, 2.75) is 44.5 Å². The normalized spacial score (nSPS) is 21.7. The van der Waals surface area contributed by atoms with E-state index in [9.17, 15) is 14.4 Å². The van der Waals surface area contributed by atoms with Crippen molar-refractivity contribution in [1.29, 1.82) is 5.26 Å². The number of rotatable bonds is 5. The zero-order chi connectivity index (χ0) is 25.5. The number of benzene rings is 2. The second kappa shape index (κ2) is 9.30. The maximum absolute atomic E-state index is 12.9. The number of piperidine rings is 1. The Balaban J connectivity index is 1.08. The summed E-state index contributed by atoms with van der Waals surface area (Å²) in [6.45, 7) is 2.71. The fourth-order valence-electron chi connectivity index (χ4n) is 5.43. The maximum atomic E-state index is 12.9. The number of likely N-dealkylation sites (tertiary alicyclic amines) is 1. The van der Waals surface area contributed by atoms with Gasteiger partial charge in [0.2, 0.25) is 11.8 Å². The summed E-state index contributed by atoms with van der Waals surface area (Å²) < 4.78 is 6.27. The zero-order valence-corrected chi connectivity index (χ0v) is 20.1. The van der Waals surface area contributed by atoms with Crippen LogP contribution in [0.4, 0.5) is 0 Å². The molecule has 0 bridgehead atoms. The average molecular weight is 496 g/mol. The molecule has 9 heteroatoms. The van der Waals surface area contributed by atoms with E-state index in [2.05, 4.69) is 27.3 Å². The van der Waals surface area contributed by atoms with Gasteiger partial charge in [-0.3, -0.25) is 29.6 Å². The minimum absolute atomic E-state index is 0.0278. The van der Waals surface area contributed by atoms with E-state index in [1.165, 1.54) is 0 Å². The molecule has 2 saturated heterocycles. The van der Waals surface area contributed by atoms with Crippen molar-refractivity contribution in [3.8, 4) is 11.8 Å². The van der Waals surface area contributed by atoms with Crippen molar-refractivity contribution < 1.29 is 19.1 Å². The van der Waals surface area contributed by atoms with Gasteiger partial charge in [0.25, 0.3) is 5.91 Å². The van der Waals surface area contributed by atoms with E-state index in [1.54, 1.807) is 11.0 Å². The number of hydrogen-bond donors (Lipinski definition) is 1. The molecule has 6 rings (SSSR count). The van der Waals surface area contributed by atoms with Crippen molar-refractivity contribution in [2.24, 2.45) is 0 Å². The number of imide groups is 1. The Morgan fingerprint density at radius 1 is 1.08 bits per heavy atom. The van der Waals surface area contributed by atoms with Gasteiger partial charge in [-0.2, -0.15) is 5.26 Å². The molecule has 37 heavy (non-hydrogen) atoms. The molecule has 2 aromatic carbocycles. The SMILES string of the molecule is N#Cc1ccc2cc(CN3CC[C@H](Oc4ccc5c(c4)CN(C4CCC(=O)NC4=O)C5=O)C3)ncc2c1. The number of nitrogens with one attached hydrogen (secondary N) is 1. The van der Waals surface area contributed by atoms with Crippen LogP contribution in [0.25, 0.3) is 10.8 Å². The third kappa shape index (κ3) is 4.52. The summed E-state index contributed by atoms with van der Waals surface area (Å²) in [5, 5.41) is 13.4. The minimum atomic E-state index is -0.623. The number of ether oxygens (including phenoxy) is 1. The summed E-state index contributed by atoms with van der Waals surface area (Å²) in [7, 11) is 0. The zero-order valence-electron chi connectivity index (χ0n) is 20.1. The molecule has 4 heterocycles. The van der Waals surface area contributed by atoms with Crippen LogP contribution in [-0.4, -0.2) is 57.7 Å². The second-order valence-electron chi connectivity index (χ2n) is 9.83. The number of pyridine rings is 1. The first kappa shape index (κ1) is 23.1. The molecule has 0 radical (unpaired) electrons. The molecular weight excluding hydrogens is 470 g/mol. The highest BCUT2D eigenvalue weighted by molar-refractivity contribution is 6.05. The molecule has 1 N–H and O–H groups in total. The first-order chi connectivity index (χ1) is 18.0. The standard InChI is InChI=1S/C28H25N5O4/c29-12-17-1-2-18-10-21(30-13-19(18)9-17)15-32-8-7-23(16-32)37-22-3-4-24-20(11-22)14-33(28(24)36)25-5-6-26(34)31-27(25)35/h1-4,9-11,13,23,25H,5-8,14-16H2,(H,31,34,35)/t23-,25?/m0/s1. The Bertz CT molecular complexity index is 1480. The molecule has 9 nitrogen and oxygen atoms in total. The fraction of sp³-hybridized carbons (Fsp3) is 0.321. The Morgan fingerprint density at radius 2 is 1.97 bits per heavy atom. The second-order valence-corrected chi connectivity index (χ2v) is 9.83. The van der Waals surface area contributed by atoms with Crippen molar-refractivity contribution in [3.05, 3.63) is 71.0 Å². The number of amides is 3. The van der Waals surface area contributed by atoms with E-state index in [1.807, 2.05) is 36.5 Å². The third-order valence-corrected chi connectivity index (χ3v) is 7.32.